The van der Waals surface area contributed by atoms with Gasteiger partial charge in [-0.25, -0.2) is 39.6 Å². The van der Waals surface area contributed by atoms with Crippen molar-refractivity contribution in [1.29, 1.82) is 0 Å². The van der Waals surface area contributed by atoms with Crippen LogP contribution in [0.4, 0.5) is 51.2 Å². The number of carbonyl (C=O) groups is 3. The van der Waals surface area contributed by atoms with E-state index in [9.17, 15) is 39.6 Å². The first kappa shape index (κ1) is 62.5. The topological polar surface area (TPSA) is 281 Å². The van der Waals surface area contributed by atoms with Crippen molar-refractivity contribution in [3.05, 3.63) is 195 Å². The number of nitrogens with one attached hydrogen (secondary N) is 6. The monoisotopic (exact) mass is 1250 g/mol. The van der Waals surface area contributed by atoms with Crippen molar-refractivity contribution in [3.63, 3.8) is 0 Å². The second kappa shape index (κ2) is 28.7. The van der Waals surface area contributed by atoms with Crippen LogP contribution in [0.15, 0.2) is 195 Å². The Morgan fingerprint density at radius 3 is 0.810 bits per heavy atom. The quantitative estimate of drug-likeness (QED) is 0.0288. The first-order valence-electron chi connectivity index (χ1n) is 24.4. The highest BCUT2D eigenvalue weighted by molar-refractivity contribution is 7.93. The number of thiophene rings is 3. The van der Waals surface area contributed by atoms with Gasteiger partial charge in [-0.05, 0) is 107 Å². The predicted octanol–water partition coefficient (Wildman–Crippen LogP) is 12.3. The number of ether oxygens (including phenoxy) is 6. The maximum absolute atomic E-state index is 12.8. The fourth-order valence-corrected chi connectivity index (χ4v) is 14.7. The zero-order chi connectivity index (χ0) is 60.4. The van der Waals surface area contributed by atoms with Crippen molar-refractivity contribution in [1.82, 2.24) is 0 Å². The molecule has 6 aromatic carbocycles. The van der Waals surface area contributed by atoms with Crippen LogP contribution in [0, 0.1) is 0 Å². The highest BCUT2D eigenvalue weighted by Gasteiger charge is 2.29. The number of rotatable bonds is 21. The Morgan fingerprint density at radius 2 is 0.583 bits per heavy atom. The van der Waals surface area contributed by atoms with Crippen LogP contribution in [0.5, 0.6) is 17.2 Å². The van der Waals surface area contributed by atoms with Gasteiger partial charge < -0.3 is 44.4 Å². The second-order valence-corrected chi connectivity index (χ2v) is 24.6. The number of sulfonamides is 3. The van der Waals surface area contributed by atoms with Crippen molar-refractivity contribution in [3.8, 4) is 17.2 Å². The third kappa shape index (κ3) is 16.1. The Bertz CT molecular complexity index is 3650. The van der Waals surface area contributed by atoms with Gasteiger partial charge in [-0.3, -0.25) is 14.2 Å². The molecule has 9 aromatic rings. The summed E-state index contributed by atoms with van der Waals surface area (Å²) in [5.74, 6) is -1.11. The van der Waals surface area contributed by atoms with E-state index in [1.807, 2.05) is 91.0 Å². The first-order chi connectivity index (χ1) is 40.3. The number of carbonyl (C=O) groups excluding carboxylic acids is 3. The van der Waals surface area contributed by atoms with Crippen LogP contribution < -0.4 is 44.3 Å². The Labute approximate surface area is 497 Å². The second-order valence-electron chi connectivity index (χ2n) is 16.9. The van der Waals surface area contributed by atoms with Crippen molar-refractivity contribution >= 4 is 133 Å². The zero-order valence-electron chi connectivity index (χ0n) is 45.4. The van der Waals surface area contributed by atoms with Crippen molar-refractivity contribution in [2.45, 2.75) is 14.7 Å². The van der Waals surface area contributed by atoms with Gasteiger partial charge in [-0.15, -0.1) is 34.0 Å². The molecule has 27 heteroatoms. The maximum atomic E-state index is 12.8. The molecular formula is C57H54N6O15S6. The summed E-state index contributed by atoms with van der Waals surface area (Å²) in [7, 11) is -4.05. The SMILES string of the molecule is COC(=O)c1sccc1S(=O)(=O)Nc1ccc(Nc2ccccc2)cc1OC.COC(=O)c1sccc1S(=O)(=O)Nc1ccc(Nc2ccccc2)cc1OC.COC(=O)c1sccc1S(=O)(=O)Nc1ccc(Nc2ccccc2)cc1OC. The lowest BCUT2D eigenvalue weighted by molar-refractivity contribution is 0.0593. The fraction of sp³-hybridized carbons (Fsp3) is 0.105. The highest BCUT2D eigenvalue weighted by Crippen LogP contribution is 2.36. The van der Waals surface area contributed by atoms with Gasteiger partial charge in [0.25, 0.3) is 30.1 Å². The molecule has 84 heavy (non-hydrogen) atoms. The predicted molar refractivity (Wildman–Crippen MR) is 328 cm³/mol. The van der Waals surface area contributed by atoms with E-state index >= 15 is 0 Å². The first-order valence-corrected chi connectivity index (χ1v) is 31.5. The third-order valence-corrected chi connectivity index (χ3v) is 18.7. The van der Waals surface area contributed by atoms with Gasteiger partial charge in [0.05, 0.1) is 59.7 Å². The van der Waals surface area contributed by atoms with Crippen molar-refractivity contribution in [2.75, 3.05) is 72.8 Å². The Balaban J connectivity index is 0.000000181. The Hall–Kier alpha value is -9.12. The molecule has 3 heterocycles. The number of methoxy groups -OCH3 is 6. The molecule has 0 unspecified atom stereocenters. The molecule has 3 aromatic heterocycles. The molecule has 0 aliphatic rings. The van der Waals surface area contributed by atoms with Gasteiger partial charge >= 0.3 is 17.9 Å². The van der Waals surface area contributed by atoms with E-state index in [2.05, 4.69) is 44.3 Å². The van der Waals surface area contributed by atoms with Crippen LogP contribution in [0.25, 0.3) is 0 Å². The van der Waals surface area contributed by atoms with E-state index < -0.39 is 48.0 Å². The minimum Gasteiger partial charge on any atom is -0.494 e. The molecule has 0 atom stereocenters. The molecule has 0 aliphatic heterocycles. The number of benzene rings is 6. The van der Waals surface area contributed by atoms with Crippen LogP contribution in [0.3, 0.4) is 0 Å². The fourth-order valence-electron chi connectivity index (χ4n) is 7.48. The van der Waals surface area contributed by atoms with E-state index in [1.165, 1.54) is 77.0 Å². The summed E-state index contributed by atoms with van der Waals surface area (Å²) in [5.41, 5.74) is 5.62. The molecule has 0 fully saturated rings. The Kier molecular flexibility index (Phi) is 21.4. The minimum atomic E-state index is -4.00. The van der Waals surface area contributed by atoms with E-state index in [-0.39, 0.29) is 46.4 Å². The summed E-state index contributed by atoms with van der Waals surface area (Å²) >= 11 is 3.00. The van der Waals surface area contributed by atoms with E-state index in [0.29, 0.717) is 17.2 Å². The lowest BCUT2D eigenvalue weighted by Crippen LogP contribution is -2.16. The molecule has 21 nitrogen and oxygen atoms in total. The van der Waals surface area contributed by atoms with Gasteiger partial charge in [-0.2, -0.15) is 0 Å². The van der Waals surface area contributed by atoms with Gasteiger partial charge in [0.1, 0.15) is 46.6 Å². The van der Waals surface area contributed by atoms with Crippen LogP contribution >= 0.6 is 34.0 Å². The molecule has 0 saturated carbocycles. The highest BCUT2D eigenvalue weighted by atomic mass is 32.2. The van der Waals surface area contributed by atoms with Crippen LogP contribution in [0.1, 0.15) is 29.0 Å². The molecule has 0 aliphatic carbocycles. The molecule has 0 spiro atoms. The van der Waals surface area contributed by atoms with Crippen molar-refractivity contribution in [2.24, 2.45) is 0 Å². The summed E-state index contributed by atoms with van der Waals surface area (Å²) in [6.45, 7) is 0. The average molecular weight is 1260 g/mol. The van der Waals surface area contributed by atoms with Gasteiger partial charge in [-0.1, -0.05) is 54.6 Å². The average Bonchev–Trinajstić information content (AvgIpc) is 4.22. The molecule has 0 bridgehead atoms. The normalized spacial score (nSPS) is 10.9. The van der Waals surface area contributed by atoms with E-state index in [0.717, 1.165) is 68.1 Å². The molecule has 0 amide bonds. The van der Waals surface area contributed by atoms with Crippen LogP contribution in [-0.4, -0.2) is 85.8 Å². The van der Waals surface area contributed by atoms with Crippen LogP contribution in [-0.2, 0) is 44.3 Å². The summed E-state index contributed by atoms with van der Waals surface area (Å²) in [6, 6.07) is 47.7. The number of anilines is 9. The lowest BCUT2D eigenvalue weighted by Gasteiger charge is -2.14. The number of para-hydroxylation sites is 3. The number of hydrogen-bond acceptors (Lipinski definition) is 21. The molecule has 9 rings (SSSR count). The third-order valence-electron chi connectivity index (χ3n) is 11.4. The number of esters is 3. The van der Waals surface area contributed by atoms with Gasteiger partial charge in [0.2, 0.25) is 0 Å². The molecule has 0 radical (unpaired) electrons. The molecule has 6 N–H and O–H groups in total. The summed E-state index contributed by atoms with van der Waals surface area (Å²) < 4.78 is 114. The molecular weight excluding hydrogens is 1200 g/mol. The molecule has 0 saturated heterocycles. The molecule has 438 valence electrons. The number of hydrogen-bond donors (Lipinski definition) is 6. The minimum absolute atomic E-state index is 0.0105. The van der Waals surface area contributed by atoms with Gasteiger partial charge in [0.15, 0.2) is 0 Å². The van der Waals surface area contributed by atoms with Crippen molar-refractivity contribution < 1.29 is 68.1 Å². The maximum Gasteiger partial charge on any atom is 0.349 e. The van der Waals surface area contributed by atoms with E-state index in [1.54, 1.807) is 54.6 Å². The van der Waals surface area contributed by atoms with Crippen LogP contribution in [0.2, 0.25) is 0 Å². The standard InChI is InChI=1S/3C19H18N2O5S2/c3*1-25-16-12-14(20-13-6-4-3-5-7-13)8-9-15(16)21-28(23,24)17-10-11-27-18(17)19(22)26-2/h3*3-12,20-21H,1-2H3. The smallest absolute Gasteiger partial charge is 0.349 e. The summed E-state index contributed by atoms with van der Waals surface area (Å²) in [4.78, 5) is 35.0. The largest absolute Gasteiger partial charge is 0.494 e. The Morgan fingerprint density at radius 1 is 0.333 bits per heavy atom. The summed E-state index contributed by atoms with van der Waals surface area (Å²) in [5, 5.41) is 14.2. The summed E-state index contributed by atoms with van der Waals surface area (Å²) in [6.07, 6.45) is 0. The van der Waals surface area contributed by atoms with E-state index in [4.69, 9.17) is 14.2 Å². The lowest BCUT2D eigenvalue weighted by atomic mass is 10.2. The zero-order valence-corrected chi connectivity index (χ0v) is 50.3. The van der Waals surface area contributed by atoms with Gasteiger partial charge in [0, 0.05) is 52.3 Å².